The van der Waals surface area contributed by atoms with Crippen molar-refractivity contribution in [3.8, 4) is 0 Å². The van der Waals surface area contributed by atoms with Crippen LogP contribution in [0.3, 0.4) is 0 Å². The van der Waals surface area contributed by atoms with E-state index >= 15 is 0 Å². The molecule has 1 rings (SSSR count). The molecule has 3 N–H and O–H groups in total. The second kappa shape index (κ2) is 4.33. The van der Waals surface area contributed by atoms with Gasteiger partial charge in [-0.05, 0) is 25.2 Å². The first-order valence-corrected chi connectivity index (χ1v) is 4.78. The molecule has 0 spiro atoms. The van der Waals surface area contributed by atoms with E-state index in [0.717, 1.165) is 0 Å². The van der Waals surface area contributed by atoms with E-state index in [1.807, 2.05) is 0 Å². The molecule has 1 aliphatic carbocycles. The van der Waals surface area contributed by atoms with Gasteiger partial charge in [0.15, 0.2) is 0 Å². The van der Waals surface area contributed by atoms with E-state index < -0.39 is 5.92 Å². The molecule has 0 saturated heterocycles. The van der Waals surface area contributed by atoms with Gasteiger partial charge in [-0.25, -0.2) is 8.78 Å². The lowest BCUT2D eigenvalue weighted by Gasteiger charge is -2.29. The van der Waals surface area contributed by atoms with Crippen molar-refractivity contribution >= 4 is 0 Å². The van der Waals surface area contributed by atoms with E-state index in [1.165, 1.54) is 0 Å². The van der Waals surface area contributed by atoms with E-state index in [-0.39, 0.29) is 31.4 Å². The maximum absolute atomic E-state index is 12.7. The van der Waals surface area contributed by atoms with Gasteiger partial charge in [-0.2, -0.15) is 0 Å². The lowest BCUT2D eigenvalue weighted by molar-refractivity contribution is -0.0474. The third kappa shape index (κ3) is 3.56. The molecule has 0 aromatic heterocycles. The fraction of sp³-hybridized carbons (Fsp3) is 1.00. The summed E-state index contributed by atoms with van der Waals surface area (Å²) in [4.78, 5) is 0. The topological polar surface area (TPSA) is 46.2 Å². The van der Waals surface area contributed by atoms with Crippen LogP contribution < -0.4 is 5.73 Å². The largest absolute Gasteiger partial charge is 0.395 e. The molecule has 78 valence electrons. The highest BCUT2D eigenvalue weighted by Gasteiger charge is 2.34. The van der Waals surface area contributed by atoms with Crippen molar-refractivity contribution in [1.29, 1.82) is 0 Å². The van der Waals surface area contributed by atoms with Crippen LogP contribution in [-0.4, -0.2) is 23.7 Å². The molecule has 1 aliphatic rings. The average molecular weight is 193 g/mol. The standard InChI is InChI=1S/C9H17F2NO/c10-9(11)3-1-7(2-4-9)5-8(12)6-13/h7-8,13H,1-6,12H2. The lowest BCUT2D eigenvalue weighted by Crippen LogP contribution is -2.31. The van der Waals surface area contributed by atoms with Crippen LogP contribution in [0.4, 0.5) is 8.78 Å². The lowest BCUT2D eigenvalue weighted by atomic mass is 9.83. The van der Waals surface area contributed by atoms with Crippen molar-refractivity contribution in [2.45, 2.75) is 44.1 Å². The monoisotopic (exact) mass is 193 g/mol. The first-order valence-electron chi connectivity index (χ1n) is 4.78. The molecule has 4 heteroatoms. The van der Waals surface area contributed by atoms with Gasteiger partial charge in [0.1, 0.15) is 0 Å². The maximum atomic E-state index is 12.7. The Balaban J connectivity index is 2.25. The average Bonchev–Trinajstić information content (AvgIpc) is 2.08. The fourth-order valence-electron chi connectivity index (χ4n) is 1.84. The number of aliphatic hydroxyl groups excluding tert-OH is 1. The highest BCUT2D eigenvalue weighted by Crippen LogP contribution is 2.37. The van der Waals surface area contributed by atoms with Gasteiger partial charge in [0.05, 0.1) is 6.61 Å². The van der Waals surface area contributed by atoms with Crippen LogP contribution in [0.15, 0.2) is 0 Å². The van der Waals surface area contributed by atoms with Crippen LogP contribution in [0, 0.1) is 5.92 Å². The molecular formula is C9H17F2NO. The van der Waals surface area contributed by atoms with Gasteiger partial charge in [0, 0.05) is 18.9 Å². The first-order chi connectivity index (χ1) is 6.03. The summed E-state index contributed by atoms with van der Waals surface area (Å²) in [5, 5.41) is 8.69. The predicted octanol–water partition coefficient (Wildman–Crippen LogP) is 1.52. The first kappa shape index (κ1) is 10.9. The van der Waals surface area contributed by atoms with Gasteiger partial charge in [0.25, 0.3) is 0 Å². The van der Waals surface area contributed by atoms with E-state index in [2.05, 4.69) is 0 Å². The zero-order valence-electron chi connectivity index (χ0n) is 7.68. The number of alkyl halides is 2. The van der Waals surface area contributed by atoms with E-state index in [1.54, 1.807) is 0 Å². The number of nitrogens with two attached hydrogens (primary N) is 1. The third-order valence-electron chi connectivity index (χ3n) is 2.71. The zero-order valence-corrected chi connectivity index (χ0v) is 7.68. The van der Waals surface area contributed by atoms with Gasteiger partial charge >= 0.3 is 0 Å². The molecule has 0 radical (unpaired) electrons. The third-order valence-corrected chi connectivity index (χ3v) is 2.71. The van der Waals surface area contributed by atoms with Crippen molar-refractivity contribution in [3.05, 3.63) is 0 Å². The molecule has 1 fully saturated rings. The Labute approximate surface area is 77.1 Å². The summed E-state index contributed by atoms with van der Waals surface area (Å²) in [5.41, 5.74) is 5.53. The Kier molecular flexibility index (Phi) is 3.62. The Morgan fingerprint density at radius 2 is 1.92 bits per heavy atom. The van der Waals surface area contributed by atoms with Crippen molar-refractivity contribution < 1.29 is 13.9 Å². The second-order valence-electron chi connectivity index (χ2n) is 3.98. The van der Waals surface area contributed by atoms with E-state index in [4.69, 9.17) is 10.8 Å². The van der Waals surface area contributed by atoms with Crippen molar-refractivity contribution in [3.63, 3.8) is 0 Å². The number of hydrogen-bond donors (Lipinski definition) is 2. The molecule has 0 amide bonds. The predicted molar refractivity (Wildman–Crippen MR) is 46.6 cm³/mol. The molecule has 0 aromatic carbocycles. The number of halogens is 2. The van der Waals surface area contributed by atoms with Crippen molar-refractivity contribution in [2.24, 2.45) is 11.7 Å². The molecule has 2 nitrogen and oxygen atoms in total. The van der Waals surface area contributed by atoms with Crippen LogP contribution in [0.25, 0.3) is 0 Å². The Hall–Kier alpha value is -0.220. The molecule has 0 bridgehead atoms. The van der Waals surface area contributed by atoms with Gasteiger partial charge in [-0.1, -0.05) is 0 Å². The number of hydrogen-bond acceptors (Lipinski definition) is 2. The summed E-state index contributed by atoms with van der Waals surface area (Å²) in [6.45, 7) is -0.0487. The Morgan fingerprint density at radius 1 is 1.38 bits per heavy atom. The Bertz CT molecular complexity index is 154. The molecule has 1 unspecified atom stereocenters. The molecular weight excluding hydrogens is 176 g/mol. The minimum atomic E-state index is -2.46. The molecule has 13 heavy (non-hydrogen) atoms. The molecule has 0 aromatic rings. The van der Waals surface area contributed by atoms with Gasteiger partial charge in [-0.3, -0.25) is 0 Å². The highest BCUT2D eigenvalue weighted by molar-refractivity contribution is 4.79. The van der Waals surface area contributed by atoms with Gasteiger partial charge in [-0.15, -0.1) is 0 Å². The second-order valence-corrected chi connectivity index (χ2v) is 3.98. The molecule has 1 atom stereocenters. The van der Waals surface area contributed by atoms with Gasteiger partial charge in [0.2, 0.25) is 5.92 Å². The molecule has 0 heterocycles. The highest BCUT2D eigenvalue weighted by atomic mass is 19.3. The molecule has 0 aliphatic heterocycles. The normalized spacial score (nSPS) is 25.8. The maximum Gasteiger partial charge on any atom is 0.248 e. The van der Waals surface area contributed by atoms with Crippen molar-refractivity contribution in [1.82, 2.24) is 0 Å². The fourth-order valence-corrected chi connectivity index (χ4v) is 1.84. The summed E-state index contributed by atoms with van der Waals surface area (Å²) in [6, 6.07) is -0.239. The van der Waals surface area contributed by atoms with Crippen LogP contribution in [0.1, 0.15) is 32.1 Å². The summed E-state index contributed by atoms with van der Waals surface area (Å²) in [5.74, 6) is -2.18. The molecule has 1 saturated carbocycles. The van der Waals surface area contributed by atoms with Crippen LogP contribution in [0.5, 0.6) is 0 Å². The summed E-state index contributed by atoms with van der Waals surface area (Å²) in [6.07, 6.45) is 1.72. The van der Waals surface area contributed by atoms with E-state index in [0.29, 0.717) is 19.3 Å². The quantitative estimate of drug-likeness (QED) is 0.713. The summed E-state index contributed by atoms with van der Waals surface area (Å²) < 4.78 is 25.4. The van der Waals surface area contributed by atoms with Crippen molar-refractivity contribution in [2.75, 3.05) is 6.61 Å². The van der Waals surface area contributed by atoms with Crippen LogP contribution in [-0.2, 0) is 0 Å². The summed E-state index contributed by atoms with van der Waals surface area (Å²) >= 11 is 0. The SMILES string of the molecule is NC(CO)CC1CCC(F)(F)CC1. The van der Waals surface area contributed by atoms with Crippen LogP contribution in [0.2, 0.25) is 0 Å². The van der Waals surface area contributed by atoms with E-state index in [9.17, 15) is 8.78 Å². The van der Waals surface area contributed by atoms with Crippen LogP contribution >= 0.6 is 0 Å². The number of aliphatic hydroxyl groups is 1. The zero-order chi connectivity index (χ0) is 9.90. The summed E-state index contributed by atoms with van der Waals surface area (Å²) in [7, 11) is 0. The minimum Gasteiger partial charge on any atom is -0.395 e. The van der Waals surface area contributed by atoms with Gasteiger partial charge < -0.3 is 10.8 Å². The Morgan fingerprint density at radius 3 is 2.38 bits per heavy atom. The minimum absolute atomic E-state index is 0.0180. The number of rotatable bonds is 3. The smallest absolute Gasteiger partial charge is 0.248 e.